The summed E-state index contributed by atoms with van der Waals surface area (Å²) in [6, 6.07) is 77.5. The van der Waals surface area contributed by atoms with E-state index in [1.807, 2.05) is 0 Å². The van der Waals surface area contributed by atoms with Crippen LogP contribution in [0.4, 0.5) is 34.1 Å². The van der Waals surface area contributed by atoms with Gasteiger partial charge >= 0.3 is 0 Å². The zero-order chi connectivity index (χ0) is 96.1. The molecular formula is C120H135BN4. The molecule has 638 valence electrons. The van der Waals surface area contributed by atoms with Crippen LogP contribution in [0.3, 0.4) is 0 Å². The van der Waals surface area contributed by atoms with Crippen LogP contribution in [0.15, 0.2) is 255 Å². The van der Waals surface area contributed by atoms with Gasteiger partial charge in [-0.05, 0) is 273 Å². The number of hydrogen-bond acceptors (Lipinski definition) is 2. The van der Waals surface area contributed by atoms with E-state index in [0.717, 1.165) is 183 Å². The van der Waals surface area contributed by atoms with Crippen LogP contribution in [0, 0.1) is 32.5 Å². The van der Waals surface area contributed by atoms with Crippen molar-refractivity contribution in [2.75, 3.05) is 9.80 Å². The summed E-state index contributed by atoms with van der Waals surface area (Å²) in [6.45, 7) is 61.6. The van der Waals surface area contributed by atoms with Gasteiger partial charge in [0, 0.05) is 77.9 Å². The van der Waals surface area contributed by atoms with Crippen molar-refractivity contribution >= 4 is 101 Å². The van der Waals surface area contributed by atoms with Crippen LogP contribution in [0.1, 0.15) is 248 Å². The summed E-state index contributed by atoms with van der Waals surface area (Å²) in [6.07, 6.45) is 4.94. The fourth-order valence-corrected chi connectivity index (χ4v) is 20.1. The highest BCUT2D eigenvalue weighted by Crippen LogP contribution is 2.57. The van der Waals surface area contributed by atoms with Gasteiger partial charge in [-0.1, -0.05) is 345 Å². The van der Waals surface area contributed by atoms with Crippen LogP contribution in [0.5, 0.6) is 0 Å². The maximum Gasteiger partial charge on any atom is 0.252 e. The van der Waals surface area contributed by atoms with Gasteiger partial charge in [-0.2, -0.15) is 0 Å². The lowest BCUT2D eigenvalue weighted by molar-refractivity contribution is 0.410. The standard InChI is InChI=1S/C120H135BN4/c1-112(2,3)70-76-36-32-40-82(56-76)93-60-80(74-116(13,14)15)61-94(83-41-33-37-77(57-83)71-113(4,5)6)110(93)124-105-68-89(122-101-46-30-28-44-91(101)97-64-86(118(19,20)21)48-54-103(97)122)50-52-99(105)121-100-53-51-90(123-102-47-31-29-45-92(102)98-65-87(119(22,23)24)49-55-104(98)123)69-106(100)125(108-67-88(120(25,26)27)66-107(124)109(108)121)111-95(84-42-34-38-78(58-84)72-114(7,8)9)62-81(75-117(16,17)18)63-96(111)85-43-35-39-79(59-85)73-115(10,11)12/h28-69H,70-75H2,1-27H3/i28D,29D,30D,31D,44D,45D,46D,47D. The second kappa shape index (κ2) is 31.0. The Bertz CT molecular complexity index is 6670. The lowest BCUT2D eigenvalue weighted by Gasteiger charge is -2.46. The third kappa shape index (κ3) is 17.4. The SMILES string of the molecule is [2H]c1c([2H])c([2H])c2c(c1[2H])c1cc(C(C)(C)C)ccc1n2-c1ccc2c(c1)N(c1c(-c3cccc(CC(C)(C)C)c3)cc(CC(C)(C)C)cc1-c1cccc(CC(C)(C)C)c1)c1cc(C(C)(C)C)cc3c1B2c1ccc(-n2c4ccc(C(C)(C)C)cc4c4c([2H])c([2H])c([2H])c([2H])c42)cc1N3c1c(-c2cccc(CC(C)(C)C)c2)cc(CC(C)(C)C)cc1-c1cccc(CC(C)(C)C)c1. The Morgan fingerprint density at radius 3 is 0.848 bits per heavy atom. The molecule has 0 aliphatic carbocycles. The summed E-state index contributed by atoms with van der Waals surface area (Å²) >= 11 is 0. The number of hydrogen-bond donors (Lipinski definition) is 0. The molecule has 0 amide bonds. The molecular weight excluding hydrogens is 1510 g/mol. The van der Waals surface area contributed by atoms with Crippen molar-refractivity contribution in [1.29, 1.82) is 0 Å². The number of aromatic nitrogens is 2. The van der Waals surface area contributed by atoms with E-state index in [1.54, 1.807) is 0 Å². The van der Waals surface area contributed by atoms with Crippen LogP contribution in [-0.2, 0) is 54.8 Å². The highest BCUT2D eigenvalue weighted by Gasteiger charge is 2.47. The number of benzene rings is 13. The Morgan fingerprint density at radius 2 is 0.552 bits per heavy atom. The maximum absolute atomic E-state index is 10.2. The van der Waals surface area contributed by atoms with Gasteiger partial charge in [0.2, 0.25) is 0 Å². The number of rotatable bonds is 14. The van der Waals surface area contributed by atoms with Crippen molar-refractivity contribution in [3.05, 3.63) is 305 Å². The van der Waals surface area contributed by atoms with Crippen LogP contribution in [0.2, 0.25) is 0 Å². The van der Waals surface area contributed by atoms with Crippen LogP contribution in [0.25, 0.3) is 99.5 Å². The van der Waals surface area contributed by atoms with E-state index in [2.05, 4.69) is 412 Å². The number of anilines is 6. The molecule has 125 heavy (non-hydrogen) atoms. The first kappa shape index (κ1) is 76.6. The maximum atomic E-state index is 10.2. The molecule has 0 saturated heterocycles. The Hall–Kier alpha value is -10.9. The second-order valence-corrected chi connectivity index (χ2v) is 47.2. The van der Waals surface area contributed by atoms with Crippen molar-refractivity contribution in [3.63, 3.8) is 0 Å². The van der Waals surface area contributed by atoms with Gasteiger partial charge in [0.15, 0.2) is 0 Å². The monoisotopic (exact) mass is 1650 g/mol. The first-order valence-corrected chi connectivity index (χ1v) is 45.7. The lowest BCUT2D eigenvalue weighted by atomic mass is 9.33. The molecule has 13 aromatic carbocycles. The van der Waals surface area contributed by atoms with Crippen LogP contribution >= 0.6 is 0 Å². The molecule has 4 nitrogen and oxygen atoms in total. The molecule has 15 aromatic rings. The van der Waals surface area contributed by atoms with Crippen molar-refractivity contribution < 1.29 is 11.0 Å². The summed E-state index contributed by atoms with van der Waals surface area (Å²) in [5.41, 5.74) is 30.2. The van der Waals surface area contributed by atoms with E-state index < -0.39 is 12.1 Å². The Labute approximate surface area is 760 Å². The van der Waals surface area contributed by atoms with Gasteiger partial charge in [-0.15, -0.1) is 0 Å². The summed E-state index contributed by atoms with van der Waals surface area (Å²) < 4.78 is 82.8. The van der Waals surface area contributed by atoms with E-state index in [-0.39, 0.29) is 91.7 Å². The molecule has 2 aliphatic heterocycles. The van der Waals surface area contributed by atoms with Gasteiger partial charge in [0.1, 0.15) is 0 Å². The van der Waals surface area contributed by atoms with Crippen LogP contribution in [-0.4, -0.2) is 15.8 Å². The predicted octanol–water partition coefficient (Wildman–Crippen LogP) is 32.1. The molecule has 0 unspecified atom stereocenters. The Kier molecular flexibility index (Phi) is 19.0. The zero-order valence-corrected chi connectivity index (χ0v) is 79.7. The first-order chi connectivity index (χ1) is 61.9. The van der Waals surface area contributed by atoms with E-state index in [0.29, 0.717) is 21.8 Å². The average molecular weight is 1650 g/mol. The molecule has 2 aromatic heterocycles. The topological polar surface area (TPSA) is 16.3 Å². The molecule has 17 rings (SSSR count). The smallest absolute Gasteiger partial charge is 0.252 e. The minimum Gasteiger partial charge on any atom is -0.310 e. The van der Waals surface area contributed by atoms with Gasteiger partial charge in [0.05, 0.1) is 44.4 Å². The normalized spacial score (nSPS) is 14.6. The fraction of sp³-hybridized carbons (Fsp3) is 0.350. The van der Waals surface area contributed by atoms with Crippen molar-refractivity contribution in [1.82, 2.24) is 9.13 Å². The highest BCUT2D eigenvalue weighted by molar-refractivity contribution is 7.00. The third-order valence-corrected chi connectivity index (χ3v) is 25.1. The van der Waals surface area contributed by atoms with E-state index in [9.17, 15) is 11.0 Å². The van der Waals surface area contributed by atoms with Gasteiger partial charge in [-0.25, -0.2) is 0 Å². The fourth-order valence-electron chi connectivity index (χ4n) is 20.1. The van der Waals surface area contributed by atoms with Gasteiger partial charge < -0.3 is 18.9 Å². The molecule has 0 bridgehead atoms. The molecule has 0 spiro atoms. The summed E-state index contributed by atoms with van der Waals surface area (Å²) in [4.78, 5) is 5.30. The van der Waals surface area contributed by atoms with Crippen molar-refractivity contribution in [2.45, 2.75) is 242 Å². The first-order valence-electron chi connectivity index (χ1n) is 49.7. The predicted molar refractivity (Wildman–Crippen MR) is 546 cm³/mol. The van der Waals surface area contributed by atoms with Crippen molar-refractivity contribution in [2.24, 2.45) is 32.5 Å². The van der Waals surface area contributed by atoms with Crippen molar-refractivity contribution in [3.8, 4) is 55.9 Å². The van der Waals surface area contributed by atoms with E-state index in [1.165, 1.54) is 33.4 Å². The number of nitrogens with zero attached hydrogens (tertiary/aromatic N) is 4. The summed E-state index contributed by atoms with van der Waals surface area (Å²) in [7, 11) is 0. The Balaban J connectivity index is 1.12. The summed E-state index contributed by atoms with van der Waals surface area (Å²) in [5, 5.41) is 2.42. The molecule has 0 radical (unpaired) electrons. The van der Waals surface area contributed by atoms with Gasteiger partial charge in [-0.3, -0.25) is 0 Å². The average Bonchev–Trinajstić information content (AvgIpc) is 1.68. The largest absolute Gasteiger partial charge is 0.310 e. The molecule has 0 atom stereocenters. The Morgan fingerprint density at radius 1 is 0.256 bits per heavy atom. The quantitative estimate of drug-likeness (QED) is 0.101. The van der Waals surface area contributed by atoms with E-state index in [4.69, 9.17) is 0 Å². The van der Waals surface area contributed by atoms with Crippen LogP contribution < -0.4 is 26.2 Å². The van der Waals surface area contributed by atoms with Gasteiger partial charge in [0.25, 0.3) is 6.71 Å². The molecule has 5 heteroatoms. The minimum atomic E-state index is -0.538. The number of para-hydroxylation sites is 2. The minimum absolute atomic E-state index is 0.0466. The van der Waals surface area contributed by atoms with E-state index >= 15 is 0 Å². The molecule has 2 aliphatic rings. The number of fused-ring (bicyclic) bond motifs is 10. The molecule has 4 heterocycles. The lowest BCUT2D eigenvalue weighted by Crippen LogP contribution is -2.61. The molecule has 0 fully saturated rings. The highest BCUT2D eigenvalue weighted by atomic mass is 15.2. The second-order valence-electron chi connectivity index (χ2n) is 47.2. The molecule has 0 saturated carbocycles. The third-order valence-electron chi connectivity index (χ3n) is 25.1. The zero-order valence-electron chi connectivity index (χ0n) is 87.7. The molecule has 0 N–H and O–H groups in total. The summed E-state index contributed by atoms with van der Waals surface area (Å²) in [5.74, 6) is 0.